The summed E-state index contributed by atoms with van der Waals surface area (Å²) in [4.78, 5) is 39.9. The van der Waals surface area contributed by atoms with Gasteiger partial charge in [0.15, 0.2) is 0 Å². The Balaban J connectivity index is 2.24. The van der Waals surface area contributed by atoms with Crippen molar-refractivity contribution in [3.63, 3.8) is 0 Å². The number of rotatable bonds is 3. The molecule has 0 aliphatic carbocycles. The maximum atomic E-state index is 13.1. The molecule has 2 rings (SSSR count). The highest BCUT2D eigenvalue weighted by atomic mass is 79.9. The molecule has 1 saturated heterocycles. The molecule has 4 amide bonds. The van der Waals surface area contributed by atoms with Gasteiger partial charge in [-0.2, -0.15) is 0 Å². The number of amides is 4. The molecule has 2 atom stereocenters. The smallest absolute Gasteiger partial charge is 0.407 e. The van der Waals surface area contributed by atoms with E-state index in [2.05, 4.69) is 39.8 Å². The molecular weight excluding hydrogens is 402 g/mol. The van der Waals surface area contributed by atoms with Crippen LogP contribution in [0.4, 0.5) is 15.3 Å². The zero-order valence-electron chi connectivity index (χ0n) is 15.2. The fourth-order valence-electron chi connectivity index (χ4n) is 3.21. The predicted octanol–water partition coefficient (Wildman–Crippen LogP) is 3.24. The van der Waals surface area contributed by atoms with E-state index in [4.69, 9.17) is 0 Å². The first-order chi connectivity index (χ1) is 12.3. The average Bonchev–Trinajstić information content (AvgIpc) is 2.60. The summed E-state index contributed by atoms with van der Waals surface area (Å²) in [5.41, 5.74) is 0.459. The van der Waals surface area contributed by atoms with Crippen molar-refractivity contribution in [2.75, 3.05) is 31.6 Å². The molecule has 1 aromatic carbocycles. The van der Waals surface area contributed by atoms with Crippen molar-refractivity contribution in [1.29, 1.82) is 0 Å². The van der Waals surface area contributed by atoms with Gasteiger partial charge in [0.05, 0.1) is 12.8 Å². The number of anilines is 1. The molecule has 0 unspecified atom stereocenters. The molecule has 1 aliphatic rings. The van der Waals surface area contributed by atoms with Gasteiger partial charge in [-0.05, 0) is 42.5 Å². The molecular formula is C18H24BrN3O4. The second-order valence-electron chi connectivity index (χ2n) is 6.68. The molecule has 0 bridgehead atoms. The second-order valence-corrected chi connectivity index (χ2v) is 7.60. The Morgan fingerprint density at radius 1 is 1.19 bits per heavy atom. The highest BCUT2D eigenvalue weighted by Crippen LogP contribution is 2.25. The van der Waals surface area contributed by atoms with E-state index in [9.17, 15) is 14.4 Å². The van der Waals surface area contributed by atoms with E-state index in [0.717, 1.165) is 15.8 Å². The average molecular weight is 426 g/mol. The van der Waals surface area contributed by atoms with E-state index in [1.54, 1.807) is 29.2 Å². The van der Waals surface area contributed by atoms with E-state index in [1.807, 2.05) is 0 Å². The number of hydrogen-bond acceptors (Lipinski definition) is 4. The number of benzene rings is 1. The summed E-state index contributed by atoms with van der Waals surface area (Å²) < 4.78 is 5.33. The zero-order valence-corrected chi connectivity index (χ0v) is 16.8. The lowest BCUT2D eigenvalue weighted by Crippen LogP contribution is -2.53. The minimum Gasteiger partial charge on any atom is -0.453 e. The van der Waals surface area contributed by atoms with Crippen molar-refractivity contribution in [2.45, 2.75) is 20.3 Å². The second kappa shape index (κ2) is 9.02. The highest BCUT2D eigenvalue weighted by molar-refractivity contribution is 9.10. The lowest BCUT2D eigenvalue weighted by Gasteiger charge is -2.37. The molecule has 26 heavy (non-hydrogen) atoms. The monoisotopic (exact) mass is 425 g/mol. The highest BCUT2D eigenvalue weighted by Gasteiger charge is 2.32. The Hall–Kier alpha value is -2.09. The summed E-state index contributed by atoms with van der Waals surface area (Å²) in [5, 5.41) is 2.34. The molecule has 0 aromatic heterocycles. The molecule has 1 N–H and O–H groups in total. The lowest BCUT2D eigenvalue weighted by molar-refractivity contribution is -0.117. The summed E-state index contributed by atoms with van der Waals surface area (Å²) >= 11 is 3.35. The molecule has 0 radical (unpaired) electrons. The van der Waals surface area contributed by atoms with Crippen molar-refractivity contribution >= 4 is 39.6 Å². The third kappa shape index (κ3) is 5.20. The molecule has 1 heterocycles. The maximum Gasteiger partial charge on any atom is 0.407 e. The van der Waals surface area contributed by atoms with E-state index in [-0.39, 0.29) is 12.6 Å². The van der Waals surface area contributed by atoms with Crippen molar-refractivity contribution in [1.82, 2.24) is 10.2 Å². The number of imide groups is 1. The van der Waals surface area contributed by atoms with Crippen LogP contribution in [0.3, 0.4) is 0 Å². The number of halogens is 1. The van der Waals surface area contributed by atoms with Gasteiger partial charge in [-0.15, -0.1) is 0 Å². The standard InChI is InChI=1S/C18H24BrN3O4/c1-12-8-13(2)11-21(10-12)18(25)22(15-6-4-14(19)5-7-15)16(23)9-20-17(24)26-3/h4-7,12-13H,8-11H2,1-3H3,(H,20,24)/t12-,13+. The fourth-order valence-corrected chi connectivity index (χ4v) is 3.48. The van der Waals surface area contributed by atoms with E-state index < -0.39 is 12.0 Å². The SMILES string of the molecule is COC(=O)NCC(=O)N(C(=O)N1C[C@H](C)C[C@H](C)C1)c1ccc(Br)cc1. The number of carbonyl (C=O) groups excluding carboxylic acids is 3. The Morgan fingerprint density at radius 3 is 2.31 bits per heavy atom. The Bertz CT molecular complexity index is 655. The topological polar surface area (TPSA) is 79.0 Å². The number of hydrogen-bond donors (Lipinski definition) is 1. The molecule has 0 spiro atoms. The number of likely N-dealkylation sites (tertiary alicyclic amines) is 1. The van der Waals surface area contributed by atoms with E-state index in [1.165, 1.54) is 7.11 Å². The van der Waals surface area contributed by atoms with Crippen molar-refractivity contribution in [3.8, 4) is 0 Å². The molecule has 1 fully saturated rings. The Labute approximate surface area is 161 Å². The minimum absolute atomic E-state index is 0.326. The third-order valence-electron chi connectivity index (χ3n) is 4.23. The van der Waals surface area contributed by atoms with Gasteiger partial charge in [0.1, 0.15) is 6.54 Å². The van der Waals surface area contributed by atoms with Crippen LogP contribution in [-0.4, -0.2) is 49.7 Å². The first-order valence-electron chi connectivity index (χ1n) is 8.51. The van der Waals surface area contributed by atoms with Gasteiger partial charge in [0.25, 0.3) is 5.91 Å². The van der Waals surface area contributed by atoms with Gasteiger partial charge in [0, 0.05) is 17.6 Å². The molecule has 142 valence electrons. The van der Waals surface area contributed by atoms with Crippen molar-refractivity contribution in [3.05, 3.63) is 28.7 Å². The Morgan fingerprint density at radius 2 is 1.77 bits per heavy atom. The molecule has 0 saturated carbocycles. The number of carbonyl (C=O) groups is 3. The van der Waals surface area contributed by atoms with Crippen LogP contribution < -0.4 is 10.2 Å². The van der Waals surface area contributed by atoms with Gasteiger partial charge in [-0.1, -0.05) is 29.8 Å². The number of methoxy groups -OCH3 is 1. The number of alkyl carbamates (subject to hydrolysis) is 1. The van der Waals surface area contributed by atoms with E-state index >= 15 is 0 Å². The number of nitrogens with one attached hydrogen (secondary N) is 1. The van der Waals surface area contributed by atoms with Gasteiger partial charge < -0.3 is 15.0 Å². The van der Waals surface area contributed by atoms with Crippen LogP contribution in [0.15, 0.2) is 28.7 Å². The number of urea groups is 1. The van der Waals surface area contributed by atoms with Gasteiger partial charge >= 0.3 is 12.1 Å². The first kappa shape index (κ1) is 20.2. The normalized spacial score (nSPS) is 19.6. The summed E-state index contributed by atoms with van der Waals surface area (Å²) in [7, 11) is 1.22. The molecule has 8 heteroatoms. The maximum absolute atomic E-state index is 13.1. The van der Waals surface area contributed by atoms with Crippen molar-refractivity contribution < 1.29 is 19.1 Å². The lowest BCUT2D eigenvalue weighted by atomic mass is 9.92. The predicted molar refractivity (Wildman–Crippen MR) is 102 cm³/mol. The van der Waals surface area contributed by atoms with Crippen LogP contribution in [0.5, 0.6) is 0 Å². The van der Waals surface area contributed by atoms with Crippen molar-refractivity contribution in [2.24, 2.45) is 11.8 Å². The van der Waals surface area contributed by atoms with Gasteiger partial charge in [-0.3, -0.25) is 4.79 Å². The van der Waals surface area contributed by atoms with Crippen LogP contribution in [0.25, 0.3) is 0 Å². The van der Waals surface area contributed by atoms with Crippen LogP contribution >= 0.6 is 15.9 Å². The zero-order chi connectivity index (χ0) is 19.3. The van der Waals surface area contributed by atoms with Gasteiger partial charge in [-0.25, -0.2) is 14.5 Å². The quantitative estimate of drug-likeness (QED) is 0.805. The van der Waals surface area contributed by atoms with Crippen LogP contribution in [0, 0.1) is 11.8 Å². The van der Waals surface area contributed by atoms with E-state index in [0.29, 0.717) is 30.6 Å². The number of nitrogens with zero attached hydrogens (tertiary/aromatic N) is 2. The van der Waals surface area contributed by atoms with Crippen LogP contribution in [0.1, 0.15) is 20.3 Å². The Kier molecular flexibility index (Phi) is 7.02. The number of ether oxygens (including phenoxy) is 1. The van der Waals surface area contributed by atoms with Gasteiger partial charge in [0.2, 0.25) is 0 Å². The van der Waals surface area contributed by atoms with Crippen LogP contribution in [0.2, 0.25) is 0 Å². The summed E-state index contributed by atoms with van der Waals surface area (Å²) in [6.45, 7) is 5.08. The minimum atomic E-state index is -0.721. The summed E-state index contributed by atoms with van der Waals surface area (Å²) in [6.07, 6.45) is 0.335. The fraction of sp³-hybridized carbons (Fsp3) is 0.500. The molecule has 1 aromatic rings. The summed E-state index contributed by atoms with van der Waals surface area (Å²) in [6, 6.07) is 6.53. The third-order valence-corrected chi connectivity index (χ3v) is 4.76. The molecule has 1 aliphatic heterocycles. The first-order valence-corrected chi connectivity index (χ1v) is 9.30. The molecule has 7 nitrogen and oxygen atoms in total. The summed E-state index contributed by atoms with van der Waals surface area (Å²) in [5.74, 6) is 0.226. The van der Waals surface area contributed by atoms with Crippen LogP contribution in [-0.2, 0) is 9.53 Å². The number of piperidine rings is 1. The largest absolute Gasteiger partial charge is 0.453 e.